The molecule has 0 radical (unpaired) electrons. The summed E-state index contributed by atoms with van der Waals surface area (Å²) in [5.41, 5.74) is 0.338. The van der Waals surface area contributed by atoms with Gasteiger partial charge in [0.1, 0.15) is 11.6 Å². The Kier molecular flexibility index (Phi) is 6.09. The van der Waals surface area contributed by atoms with E-state index in [4.69, 9.17) is 0 Å². The van der Waals surface area contributed by atoms with Crippen LogP contribution in [0.3, 0.4) is 0 Å². The normalized spacial score (nSPS) is 16.5. The Morgan fingerprint density at radius 3 is 2.45 bits per heavy atom. The van der Waals surface area contributed by atoms with Crippen molar-refractivity contribution >= 4 is 6.03 Å². The third-order valence-corrected chi connectivity index (χ3v) is 3.54. The summed E-state index contributed by atoms with van der Waals surface area (Å²) in [4.78, 5) is 13.7. The number of nitrogens with zero attached hydrogens (tertiary/aromatic N) is 1. The zero-order valence-electron chi connectivity index (χ0n) is 12.3. The second kappa shape index (κ2) is 8.05. The number of benzene rings is 1. The average molecular weight is 313 g/mol. The molecule has 1 aromatic carbocycles. The van der Waals surface area contributed by atoms with E-state index in [1.54, 1.807) is 0 Å². The number of hydrogen-bond donors (Lipinski definition) is 3. The Balaban J connectivity index is 1.66. The highest BCUT2D eigenvalue weighted by Gasteiger charge is 2.16. The lowest BCUT2D eigenvalue weighted by Gasteiger charge is -2.19. The minimum Gasteiger partial charge on any atom is -0.390 e. The summed E-state index contributed by atoms with van der Waals surface area (Å²) in [5, 5.41) is 14.9. The topological polar surface area (TPSA) is 64.6 Å². The fourth-order valence-electron chi connectivity index (χ4n) is 2.50. The molecule has 1 fully saturated rings. The van der Waals surface area contributed by atoms with Gasteiger partial charge in [-0.2, -0.15) is 0 Å². The van der Waals surface area contributed by atoms with Gasteiger partial charge < -0.3 is 20.6 Å². The van der Waals surface area contributed by atoms with Gasteiger partial charge in [0.25, 0.3) is 0 Å². The van der Waals surface area contributed by atoms with Crippen molar-refractivity contribution in [2.24, 2.45) is 0 Å². The highest BCUT2D eigenvalue weighted by Crippen LogP contribution is 2.08. The number of aliphatic hydroxyl groups is 1. The molecule has 1 aromatic rings. The van der Waals surface area contributed by atoms with Gasteiger partial charge in [0, 0.05) is 25.7 Å². The molecule has 22 heavy (non-hydrogen) atoms. The van der Waals surface area contributed by atoms with Crippen molar-refractivity contribution in [2.45, 2.75) is 25.5 Å². The lowest BCUT2D eigenvalue weighted by atomic mass is 10.2. The first kappa shape index (κ1) is 16.6. The summed E-state index contributed by atoms with van der Waals surface area (Å²) < 4.78 is 26.0. The molecular formula is C15H21F2N3O2. The zero-order valence-corrected chi connectivity index (χ0v) is 12.3. The highest BCUT2D eigenvalue weighted by molar-refractivity contribution is 5.73. The van der Waals surface area contributed by atoms with Gasteiger partial charge >= 0.3 is 6.03 Å². The van der Waals surface area contributed by atoms with Crippen LogP contribution in [-0.4, -0.2) is 48.3 Å². The monoisotopic (exact) mass is 313 g/mol. The number of aliphatic hydroxyl groups excluding tert-OH is 1. The van der Waals surface area contributed by atoms with Crippen molar-refractivity contribution in [3.63, 3.8) is 0 Å². The fraction of sp³-hybridized carbons (Fsp3) is 0.533. The van der Waals surface area contributed by atoms with Crippen LogP contribution in [0.2, 0.25) is 0 Å². The van der Waals surface area contributed by atoms with Crippen LogP contribution in [0.4, 0.5) is 13.6 Å². The molecule has 1 unspecified atom stereocenters. The van der Waals surface area contributed by atoms with Gasteiger partial charge in [0.2, 0.25) is 0 Å². The van der Waals surface area contributed by atoms with Crippen LogP contribution in [0.15, 0.2) is 18.2 Å². The maximum atomic E-state index is 13.0. The molecule has 122 valence electrons. The number of β-amino-alcohol motifs (C(OH)–C–C–N with tert-alkyl or cyclic N) is 1. The second-order valence-electron chi connectivity index (χ2n) is 5.50. The number of urea groups is 1. The minimum atomic E-state index is -0.682. The maximum Gasteiger partial charge on any atom is 0.315 e. The lowest BCUT2D eigenvalue weighted by Crippen LogP contribution is -2.43. The summed E-state index contributed by atoms with van der Waals surface area (Å²) in [5.74, 6) is -1.36. The number of hydrogen-bond acceptors (Lipinski definition) is 3. The van der Waals surface area contributed by atoms with Gasteiger partial charge in [0.05, 0.1) is 6.10 Å². The van der Waals surface area contributed by atoms with E-state index in [1.807, 2.05) is 0 Å². The zero-order chi connectivity index (χ0) is 15.9. The standard InChI is InChI=1S/C15H21F2N3O2/c16-12-5-11(6-13(17)7-12)8-18-15(22)19-9-14(21)10-20-3-1-2-4-20/h5-7,14,21H,1-4,8-10H2,(H2,18,19,22). The van der Waals surface area contributed by atoms with E-state index < -0.39 is 23.8 Å². The number of likely N-dealkylation sites (tertiary alicyclic amines) is 1. The van der Waals surface area contributed by atoms with E-state index in [2.05, 4.69) is 15.5 Å². The largest absolute Gasteiger partial charge is 0.390 e. The van der Waals surface area contributed by atoms with E-state index in [0.717, 1.165) is 44.1 Å². The van der Waals surface area contributed by atoms with Crippen molar-refractivity contribution in [3.05, 3.63) is 35.4 Å². The molecule has 0 aliphatic carbocycles. The summed E-state index contributed by atoms with van der Waals surface area (Å²) >= 11 is 0. The minimum absolute atomic E-state index is 0.0166. The van der Waals surface area contributed by atoms with Crippen LogP contribution in [0, 0.1) is 11.6 Å². The third-order valence-electron chi connectivity index (χ3n) is 3.54. The summed E-state index contributed by atoms with van der Waals surface area (Å²) in [7, 11) is 0. The van der Waals surface area contributed by atoms with Crippen LogP contribution in [0.25, 0.3) is 0 Å². The molecule has 0 spiro atoms. The quantitative estimate of drug-likeness (QED) is 0.740. The smallest absolute Gasteiger partial charge is 0.315 e. The molecule has 0 saturated carbocycles. The maximum absolute atomic E-state index is 13.0. The van der Waals surface area contributed by atoms with E-state index >= 15 is 0 Å². The van der Waals surface area contributed by atoms with E-state index in [9.17, 15) is 18.7 Å². The molecule has 1 aliphatic rings. The second-order valence-corrected chi connectivity index (χ2v) is 5.50. The predicted octanol–water partition coefficient (Wildman–Crippen LogP) is 1.22. The molecule has 2 amide bonds. The van der Waals surface area contributed by atoms with Crippen LogP contribution in [0.5, 0.6) is 0 Å². The van der Waals surface area contributed by atoms with E-state index in [1.165, 1.54) is 0 Å². The van der Waals surface area contributed by atoms with Gasteiger partial charge in [-0.1, -0.05) is 0 Å². The van der Waals surface area contributed by atoms with Gasteiger partial charge in [-0.25, -0.2) is 13.6 Å². The molecule has 1 saturated heterocycles. The molecular weight excluding hydrogens is 292 g/mol. The first-order valence-corrected chi connectivity index (χ1v) is 7.40. The number of nitrogens with one attached hydrogen (secondary N) is 2. The van der Waals surface area contributed by atoms with E-state index in [0.29, 0.717) is 12.1 Å². The first-order chi connectivity index (χ1) is 10.5. The Labute approximate surface area is 128 Å². The van der Waals surface area contributed by atoms with Crippen LogP contribution in [-0.2, 0) is 6.54 Å². The van der Waals surface area contributed by atoms with Gasteiger partial charge in [-0.3, -0.25) is 0 Å². The Morgan fingerprint density at radius 2 is 1.82 bits per heavy atom. The Bertz CT molecular complexity index is 487. The lowest BCUT2D eigenvalue weighted by molar-refractivity contribution is 0.124. The molecule has 0 aromatic heterocycles. The molecule has 1 heterocycles. The van der Waals surface area contributed by atoms with Crippen molar-refractivity contribution < 1.29 is 18.7 Å². The summed E-state index contributed by atoms with van der Waals surface area (Å²) in [6, 6.07) is 2.61. The van der Waals surface area contributed by atoms with Crippen molar-refractivity contribution in [2.75, 3.05) is 26.2 Å². The number of amides is 2. The van der Waals surface area contributed by atoms with Crippen LogP contribution < -0.4 is 10.6 Å². The average Bonchev–Trinajstić information content (AvgIpc) is 2.95. The fourth-order valence-corrected chi connectivity index (χ4v) is 2.50. The number of carbonyl (C=O) groups excluding carboxylic acids is 1. The van der Waals surface area contributed by atoms with E-state index in [-0.39, 0.29) is 13.1 Å². The SMILES string of the molecule is O=C(NCc1cc(F)cc(F)c1)NCC(O)CN1CCCC1. The molecule has 2 rings (SSSR count). The highest BCUT2D eigenvalue weighted by atomic mass is 19.1. The van der Waals surface area contributed by atoms with Gasteiger partial charge in [-0.05, 0) is 43.6 Å². The van der Waals surface area contributed by atoms with Crippen molar-refractivity contribution in [1.29, 1.82) is 0 Å². The van der Waals surface area contributed by atoms with Crippen molar-refractivity contribution in [3.8, 4) is 0 Å². The Morgan fingerprint density at radius 1 is 1.18 bits per heavy atom. The number of carbonyl (C=O) groups is 1. The summed E-state index contributed by atoms with van der Waals surface area (Å²) in [6.07, 6.45) is 1.66. The molecule has 5 nitrogen and oxygen atoms in total. The molecule has 1 atom stereocenters. The van der Waals surface area contributed by atoms with Gasteiger partial charge in [-0.15, -0.1) is 0 Å². The molecule has 1 aliphatic heterocycles. The summed E-state index contributed by atoms with van der Waals surface area (Å²) in [6.45, 7) is 2.65. The molecule has 7 heteroatoms. The van der Waals surface area contributed by atoms with Crippen LogP contribution in [0.1, 0.15) is 18.4 Å². The molecule has 3 N–H and O–H groups in total. The van der Waals surface area contributed by atoms with Crippen molar-refractivity contribution in [1.82, 2.24) is 15.5 Å². The first-order valence-electron chi connectivity index (χ1n) is 7.40. The third kappa shape index (κ3) is 5.57. The predicted molar refractivity (Wildman–Crippen MR) is 78.3 cm³/mol. The molecule has 0 bridgehead atoms. The van der Waals surface area contributed by atoms with Gasteiger partial charge in [0.15, 0.2) is 0 Å². The number of halogens is 2. The Hall–Kier alpha value is -1.73. The van der Waals surface area contributed by atoms with Crippen LogP contribution >= 0.6 is 0 Å². The number of rotatable bonds is 6.